The number of Topliss-reactive ketones (excluding diaryl/α,β-unsaturated/α-hetero) is 1. The van der Waals surface area contributed by atoms with Crippen LogP contribution >= 0.6 is 0 Å². The first-order valence-corrected chi connectivity index (χ1v) is 8.07. The van der Waals surface area contributed by atoms with Crippen molar-refractivity contribution in [3.05, 3.63) is 34.9 Å². The maximum atomic E-state index is 12.3. The molecular formula is C17H21F3N2O. The van der Waals surface area contributed by atoms with Crippen molar-refractivity contribution >= 4 is 5.78 Å². The van der Waals surface area contributed by atoms with Gasteiger partial charge in [0.05, 0.1) is 6.42 Å². The summed E-state index contributed by atoms with van der Waals surface area (Å²) in [5.74, 6) is 0.221. The predicted octanol–water partition coefficient (Wildman–Crippen LogP) is 2.89. The Morgan fingerprint density at radius 3 is 2.39 bits per heavy atom. The van der Waals surface area contributed by atoms with Crippen LogP contribution in [-0.2, 0) is 13.0 Å². The number of aryl methyl sites for hydroxylation is 1. The summed E-state index contributed by atoms with van der Waals surface area (Å²) in [5, 5.41) is 0. The number of hydrogen-bond acceptors (Lipinski definition) is 3. The van der Waals surface area contributed by atoms with Crippen molar-refractivity contribution in [1.82, 2.24) is 9.80 Å². The van der Waals surface area contributed by atoms with Crippen molar-refractivity contribution in [2.75, 3.05) is 32.7 Å². The van der Waals surface area contributed by atoms with E-state index >= 15 is 0 Å². The Morgan fingerprint density at radius 1 is 1.00 bits per heavy atom. The fraction of sp³-hybridized carbons (Fsp3) is 0.588. The minimum atomic E-state index is -4.08. The topological polar surface area (TPSA) is 23.6 Å². The Kier molecular flexibility index (Phi) is 4.73. The van der Waals surface area contributed by atoms with Crippen molar-refractivity contribution in [2.45, 2.75) is 32.0 Å². The molecule has 0 atom stereocenters. The highest BCUT2D eigenvalue weighted by Gasteiger charge is 2.28. The third-order valence-corrected chi connectivity index (χ3v) is 4.68. The Labute approximate surface area is 134 Å². The molecule has 0 radical (unpaired) electrons. The van der Waals surface area contributed by atoms with Gasteiger partial charge in [0.15, 0.2) is 5.78 Å². The number of rotatable bonds is 4. The van der Waals surface area contributed by atoms with E-state index in [1.807, 2.05) is 17.0 Å². The maximum absolute atomic E-state index is 12.3. The molecule has 1 fully saturated rings. The summed E-state index contributed by atoms with van der Waals surface area (Å²) >= 11 is 0. The largest absolute Gasteiger partial charge is 0.390 e. The second-order valence-electron chi connectivity index (χ2n) is 6.40. The van der Waals surface area contributed by atoms with Crippen LogP contribution in [-0.4, -0.2) is 54.5 Å². The van der Waals surface area contributed by atoms with Crippen molar-refractivity contribution in [3.63, 3.8) is 0 Å². The smallest absolute Gasteiger partial charge is 0.300 e. The Bertz CT molecular complexity index is 578. The molecule has 0 unspecified atom stereocenters. The zero-order chi connectivity index (χ0) is 16.4. The zero-order valence-electron chi connectivity index (χ0n) is 13.0. The SMILES string of the molecule is O=C1CCc2ccc(CN3CCN(CCC(F)(F)F)CC3)cc21. The molecule has 0 N–H and O–H groups in total. The van der Waals surface area contributed by atoms with E-state index < -0.39 is 12.6 Å². The van der Waals surface area contributed by atoms with Gasteiger partial charge in [-0.3, -0.25) is 9.69 Å². The van der Waals surface area contributed by atoms with Crippen LogP contribution in [0.4, 0.5) is 13.2 Å². The van der Waals surface area contributed by atoms with Gasteiger partial charge in [-0.15, -0.1) is 0 Å². The summed E-state index contributed by atoms with van der Waals surface area (Å²) in [6.07, 6.45) is -3.36. The van der Waals surface area contributed by atoms with Crippen LogP contribution in [0.2, 0.25) is 0 Å². The van der Waals surface area contributed by atoms with Gasteiger partial charge in [-0.05, 0) is 23.6 Å². The van der Waals surface area contributed by atoms with Gasteiger partial charge in [-0.25, -0.2) is 0 Å². The number of carbonyl (C=O) groups is 1. The average Bonchev–Trinajstić information content (AvgIpc) is 2.87. The number of piperazine rings is 1. The molecule has 0 aromatic heterocycles. The number of hydrogen-bond donors (Lipinski definition) is 0. The molecule has 3 rings (SSSR count). The molecule has 1 aromatic rings. The van der Waals surface area contributed by atoms with E-state index in [1.54, 1.807) is 0 Å². The van der Waals surface area contributed by atoms with Crippen molar-refractivity contribution < 1.29 is 18.0 Å². The van der Waals surface area contributed by atoms with Gasteiger partial charge < -0.3 is 4.90 Å². The van der Waals surface area contributed by atoms with Crippen LogP contribution in [0.1, 0.15) is 34.3 Å². The van der Waals surface area contributed by atoms with Gasteiger partial charge in [0, 0.05) is 51.3 Å². The van der Waals surface area contributed by atoms with E-state index in [9.17, 15) is 18.0 Å². The standard InChI is InChI=1S/C17H21F3N2O/c18-17(19,20)5-6-21-7-9-22(10-8-21)12-13-1-2-14-3-4-16(23)15(14)11-13/h1-2,11H,3-10,12H2. The van der Waals surface area contributed by atoms with Crippen LogP contribution in [0.5, 0.6) is 0 Å². The van der Waals surface area contributed by atoms with Gasteiger partial charge in [0.2, 0.25) is 0 Å². The van der Waals surface area contributed by atoms with Gasteiger partial charge in [-0.1, -0.05) is 12.1 Å². The molecule has 1 heterocycles. The lowest BCUT2D eigenvalue weighted by molar-refractivity contribution is -0.138. The molecule has 1 aromatic carbocycles. The summed E-state index contributed by atoms with van der Waals surface area (Å²) in [5.41, 5.74) is 3.10. The lowest BCUT2D eigenvalue weighted by atomic mass is 10.1. The highest BCUT2D eigenvalue weighted by molar-refractivity contribution is 6.00. The molecule has 23 heavy (non-hydrogen) atoms. The summed E-state index contributed by atoms with van der Waals surface area (Å²) in [7, 11) is 0. The van der Waals surface area contributed by atoms with Crippen LogP contribution in [0.3, 0.4) is 0 Å². The monoisotopic (exact) mass is 326 g/mol. The molecule has 2 aliphatic rings. The first kappa shape index (κ1) is 16.5. The molecule has 1 saturated heterocycles. The van der Waals surface area contributed by atoms with Crippen LogP contribution in [0, 0.1) is 0 Å². The van der Waals surface area contributed by atoms with Crippen molar-refractivity contribution in [3.8, 4) is 0 Å². The van der Waals surface area contributed by atoms with Crippen LogP contribution in [0.15, 0.2) is 18.2 Å². The average molecular weight is 326 g/mol. The Hall–Kier alpha value is -1.40. The highest BCUT2D eigenvalue weighted by Crippen LogP contribution is 2.24. The zero-order valence-corrected chi connectivity index (χ0v) is 13.0. The molecule has 6 heteroatoms. The second kappa shape index (κ2) is 6.61. The van der Waals surface area contributed by atoms with E-state index in [-0.39, 0.29) is 12.3 Å². The number of halogens is 3. The quantitative estimate of drug-likeness (QED) is 0.850. The van der Waals surface area contributed by atoms with E-state index in [0.29, 0.717) is 19.5 Å². The fourth-order valence-corrected chi connectivity index (χ4v) is 3.30. The molecule has 3 nitrogen and oxygen atoms in total. The third kappa shape index (κ3) is 4.32. The number of ketones is 1. The lowest BCUT2D eigenvalue weighted by Gasteiger charge is -2.34. The van der Waals surface area contributed by atoms with Crippen LogP contribution < -0.4 is 0 Å². The number of nitrogens with zero attached hydrogens (tertiary/aromatic N) is 2. The first-order chi connectivity index (χ1) is 10.9. The predicted molar refractivity (Wildman–Crippen MR) is 81.5 cm³/mol. The molecule has 1 aliphatic carbocycles. The summed E-state index contributed by atoms with van der Waals surface area (Å²) < 4.78 is 36.8. The van der Waals surface area contributed by atoms with Gasteiger partial charge in [0.1, 0.15) is 0 Å². The second-order valence-corrected chi connectivity index (χ2v) is 6.40. The molecule has 1 aliphatic heterocycles. The minimum absolute atomic E-state index is 0.0880. The summed E-state index contributed by atoms with van der Waals surface area (Å²) in [4.78, 5) is 15.9. The minimum Gasteiger partial charge on any atom is -0.300 e. The Balaban J connectivity index is 1.49. The third-order valence-electron chi connectivity index (χ3n) is 4.68. The molecular weight excluding hydrogens is 305 g/mol. The van der Waals surface area contributed by atoms with Crippen molar-refractivity contribution in [1.29, 1.82) is 0 Å². The fourth-order valence-electron chi connectivity index (χ4n) is 3.30. The van der Waals surface area contributed by atoms with E-state index in [2.05, 4.69) is 11.0 Å². The molecule has 0 saturated carbocycles. The molecule has 0 spiro atoms. The van der Waals surface area contributed by atoms with Crippen LogP contribution in [0.25, 0.3) is 0 Å². The first-order valence-electron chi connectivity index (χ1n) is 8.07. The van der Waals surface area contributed by atoms with Gasteiger partial charge in [0.25, 0.3) is 0 Å². The number of carbonyl (C=O) groups excluding carboxylic acids is 1. The number of alkyl halides is 3. The Morgan fingerprint density at radius 2 is 1.70 bits per heavy atom. The highest BCUT2D eigenvalue weighted by atomic mass is 19.4. The summed E-state index contributed by atoms with van der Waals surface area (Å²) in [6, 6.07) is 6.09. The van der Waals surface area contributed by atoms with Gasteiger partial charge in [-0.2, -0.15) is 13.2 Å². The number of fused-ring (bicyclic) bond motifs is 1. The maximum Gasteiger partial charge on any atom is 0.390 e. The van der Waals surface area contributed by atoms with Crippen molar-refractivity contribution in [2.24, 2.45) is 0 Å². The normalized spacial score (nSPS) is 20.0. The van der Waals surface area contributed by atoms with E-state index in [1.165, 1.54) is 0 Å². The molecule has 126 valence electrons. The molecule has 0 bridgehead atoms. The van der Waals surface area contributed by atoms with E-state index in [4.69, 9.17) is 0 Å². The summed E-state index contributed by atoms with van der Waals surface area (Å²) in [6.45, 7) is 3.71. The molecule has 0 amide bonds. The van der Waals surface area contributed by atoms with Gasteiger partial charge >= 0.3 is 6.18 Å². The van der Waals surface area contributed by atoms with E-state index in [0.717, 1.165) is 42.7 Å². The number of benzene rings is 1. The lowest BCUT2D eigenvalue weighted by Crippen LogP contribution is -2.46.